The Kier molecular flexibility index (Phi) is 5.14. The van der Waals surface area contributed by atoms with Crippen molar-refractivity contribution < 1.29 is 32.2 Å². The van der Waals surface area contributed by atoms with Gasteiger partial charge in [-0.3, -0.25) is 4.79 Å². The maximum Gasteiger partial charge on any atom is 0.574 e. The number of hydrogen-bond acceptors (Lipinski definition) is 6. The predicted molar refractivity (Wildman–Crippen MR) is 61.1 cm³/mol. The number of nitrogens with zero attached hydrogens (tertiary/aromatic N) is 1. The Morgan fingerprint density at radius 3 is 2.50 bits per heavy atom. The van der Waals surface area contributed by atoms with Gasteiger partial charge in [-0.15, -0.1) is 13.2 Å². The minimum absolute atomic E-state index is 0.0392. The van der Waals surface area contributed by atoms with Crippen molar-refractivity contribution >= 4 is 5.97 Å². The van der Waals surface area contributed by atoms with Crippen LogP contribution in [-0.4, -0.2) is 31.5 Å². The van der Waals surface area contributed by atoms with Crippen LogP contribution in [0.4, 0.5) is 13.2 Å². The molecule has 0 amide bonds. The van der Waals surface area contributed by atoms with Crippen LogP contribution in [0.2, 0.25) is 0 Å². The fourth-order valence-electron chi connectivity index (χ4n) is 1.48. The number of methoxy groups -OCH3 is 2. The minimum Gasteiger partial charge on any atom is -0.491 e. The number of hydrogen-bond donors (Lipinski definition) is 1. The number of pyridine rings is 1. The lowest BCUT2D eigenvalue weighted by molar-refractivity contribution is -0.276. The lowest BCUT2D eigenvalue weighted by Crippen LogP contribution is -2.20. The minimum atomic E-state index is -4.93. The molecule has 112 valence electrons. The van der Waals surface area contributed by atoms with Crippen molar-refractivity contribution in [1.29, 1.82) is 0 Å². The number of rotatable bonds is 5. The van der Waals surface area contributed by atoms with E-state index in [1.54, 1.807) is 0 Å². The predicted octanol–water partition coefficient (Wildman–Crippen LogP) is 1.16. The molecule has 1 aromatic heterocycles. The summed E-state index contributed by atoms with van der Waals surface area (Å²) in [5.74, 6) is -1.66. The number of alkyl halides is 3. The number of carbonyl (C=O) groups excluding carboxylic acids is 1. The van der Waals surface area contributed by atoms with Crippen molar-refractivity contribution in [2.45, 2.75) is 19.3 Å². The number of esters is 1. The van der Waals surface area contributed by atoms with Gasteiger partial charge in [0.05, 0.1) is 26.3 Å². The van der Waals surface area contributed by atoms with Crippen molar-refractivity contribution in [2.24, 2.45) is 5.73 Å². The molecule has 1 aromatic rings. The van der Waals surface area contributed by atoms with Gasteiger partial charge in [-0.2, -0.15) is 0 Å². The molecule has 0 fully saturated rings. The molecule has 0 aliphatic carbocycles. The molecule has 0 unspecified atom stereocenters. The molecule has 0 radical (unpaired) electrons. The first-order valence-electron chi connectivity index (χ1n) is 5.40. The number of nitrogens with two attached hydrogens (primary N) is 1. The first-order chi connectivity index (χ1) is 9.30. The zero-order valence-electron chi connectivity index (χ0n) is 10.8. The van der Waals surface area contributed by atoms with E-state index in [-0.39, 0.29) is 30.0 Å². The van der Waals surface area contributed by atoms with E-state index in [2.05, 4.69) is 14.5 Å². The number of aromatic nitrogens is 1. The standard InChI is InChI=1S/C11H13F3N2O4/c1-18-8(17)4-7-3-6(5-15)9(19-2)10(16-7)20-11(12,13)14/h3H,4-5,15H2,1-2H3. The highest BCUT2D eigenvalue weighted by molar-refractivity contribution is 5.72. The number of ether oxygens (including phenoxy) is 3. The first kappa shape index (κ1) is 16.0. The highest BCUT2D eigenvalue weighted by Crippen LogP contribution is 2.33. The summed E-state index contributed by atoms with van der Waals surface area (Å²) in [6, 6.07) is 1.36. The molecule has 0 bridgehead atoms. The number of halogens is 3. The lowest BCUT2D eigenvalue weighted by atomic mass is 10.1. The fourth-order valence-corrected chi connectivity index (χ4v) is 1.48. The lowest BCUT2D eigenvalue weighted by Gasteiger charge is -2.15. The molecule has 0 spiro atoms. The summed E-state index contributed by atoms with van der Waals surface area (Å²) < 4.78 is 50.0. The second-order valence-corrected chi connectivity index (χ2v) is 3.62. The molecule has 1 heterocycles. The van der Waals surface area contributed by atoms with Crippen molar-refractivity contribution in [1.82, 2.24) is 4.98 Å². The normalized spacial score (nSPS) is 11.1. The van der Waals surface area contributed by atoms with Crippen LogP contribution in [0.1, 0.15) is 11.3 Å². The van der Waals surface area contributed by atoms with Crippen LogP contribution in [0.3, 0.4) is 0 Å². The van der Waals surface area contributed by atoms with E-state index < -0.39 is 18.2 Å². The molecule has 0 aromatic carbocycles. The monoisotopic (exact) mass is 294 g/mol. The van der Waals surface area contributed by atoms with Crippen molar-refractivity contribution in [3.8, 4) is 11.6 Å². The van der Waals surface area contributed by atoms with E-state index in [1.807, 2.05) is 0 Å². The molecule has 0 atom stereocenters. The van der Waals surface area contributed by atoms with E-state index in [9.17, 15) is 18.0 Å². The van der Waals surface area contributed by atoms with Crippen LogP contribution < -0.4 is 15.2 Å². The largest absolute Gasteiger partial charge is 0.574 e. The Balaban J connectivity index is 3.23. The highest BCUT2D eigenvalue weighted by Gasteiger charge is 2.34. The fraction of sp³-hybridized carbons (Fsp3) is 0.455. The molecule has 1 rings (SSSR count). The molecule has 20 heavy (non-hydrogen) atoms. The van der Waals surface area contributed by atoms with E-state index in [0.717, 1.165) is 7.11 Å². The van der Waals surface area contributed by atoms with Gasteiger partial charge in [0.25, 0.3) is 5.88 Å². The Morgan fingerprint density at radius 2 is 2.05 bits per heavy atom. The molecule has 2 N–H and O–H groups in total. The summed E-state index contributed by atoms with van der Waals surface area (Å²) in [7, 11) is 2.32. The Morgan fingerprint density at radius 1 is 1.40 bits per heavy atom. The van der Waals surface area contributed by atoms with Crippen molar-refractivity contribution in [2.75, 3.05) is 14.2 Å². The van der Waals surface area contributed by atoms with E-state index in [4.69, 9.17) is 10.5 Å². The van der Waals surface area contributed by atoms with Crippen molar-refractivity contribution in [3.63, 3.8) is 0 Å². The molecule has 0 saturated heterocycles. The van der Waals surface area contributed by atoms with Gasteiger partial charge in [0.1, 0.15) is 0 Å². The van der Waals surface area contributed by atoms with Crippen LogP contribution in [0, 0.1) is 0 Å². The number of carbonyl (C=O) groups is 1. The third kappa shape index (κ3) is 4.26. The molecule has 0 saturated carbocycles. The summed E-state index contributed by atoms with van der Waals surface area (Å²) in [4.78, 5) is 14.7. The van der Waals surface area contributed by atoms with Crippen LogP contribution >= 0.6 is 0 Å². The molecule has 0 aliphatic heterocycles. The molecule has 0 aliphatic rings. The summed E-state index contributed by atoms with van der Waals surface area (Å²) in [5, 5.41) is 0. The van der Waals surface area contributed by atoms with Crippen LogP contribution in [0.5, 0.6) is 11.6 Å². The van der Waals surface area contributed by atoms with Crippen LogP contribution in [0.15, 0.2) is 6.07 Å². The van der Waals surface area contributed by atoms with Gasteiger partial charge in [-0.25, -0.2) is 4.98 Å². The summed E-state index contributed by atoms with van der Waals surface area (Å²) in [5.41, 5.74) is 5.71. The molecular formula is C11H13F3N2O4. The van der Waals surface area contributed by atoms with E-state index in [1.165, 1.54) is 13.2 Å². The second kappa shape index (κ2) is 6.42. The first-order valence-corrected chi connectivity index (χ1v) is 5.40. The van der Waals surface area contributed by atoms with E-state index in [0.29, 0.717) is 0 Å². The van der Waals surface area contributed by atoms with Crippen LogP contribution in [0.25, 0.3) is 0 Å². The maximum atomic E-state index is 12.3. The summed E-state index contributed by atoms with van der Waals surface area (Å²) in [6.45, 7) is -0.103. The second-order valence-electron chi connectivity index (χ2n) is 3.62. The SMILES string of the molecule is COC(=O)Cc1cc(CN)c(OC)c(OC(F)(F)F)n1. The Hall–Kier alpha value is -2.03. The highest BCUT2D eigenvalue weighted by atomic mass is 19.4. The van der Waals surface area contributed by atoms with Crippen molar-refractivity contribution in [3.05, 3.63) is 17.3 Å². The smallest absolute Gasteiger partial charge is 0.491 e. The summed E-state index contributed by atoms with van der Waals surface area (Å²) >= 11 is 0. The van der Waals surface area contributed by atoms with Gasteiger partial charge in [0.15, 0.2) is 5.75 Å². The van der Waals surface area contributed by atoms with Gasteiger partial charge in [-0.1, -0.05) is 0 Å². The third-order valence-electron chi connectivity index (χ3n) is 2.26. The zero-order valence-corrected chi connectivity index (χ0v) is 10.8. The zero-order chi connectivity index (χ0) is 15.3. The van der Waals surface area contributed by atoms with Gasteiger partial charge in [0.2, 0.25) is 0 Å². The maximum absolute atomic E-state index is 12.3. The average Bonchev–Trinajstić information content (AvgIpc) is 2.36. The Labute approximate surface area is 112 Å². The van der Waals surface area contributed by atoms with Gasteiger partial charge >= 0.3 is 12.3 Å². The van der Waals surface area contributed by atoms with Gasteiger partial charge in [0, 0.05) is 12.1 Å². The van der Waals surface area contributed by atoms with Crippen LogP contribution in [-0.2, 0) is 22.5 Å². The van der Waals surface area contributed by atoms with E-state index >= 15 is 0 Å². The average molecular weight is 294 g/mol. The Bertz CT molecular complexity index is 491. The summed E-state index contributed by atoms with van der Waals surface area (Å²) in [6.07, 6.45) is -5.24. The quantitative estimate of drug-likeness (QED) is 0.820. The molecule has 9 heteroatoms. The molecular weight excluding hydrogens is 281 g/mol. The third-order valence-corrected chi connectivity index (χ3v) is 2.26. The van der Waals surface area contributed by atoms with Gasteiger partial charge in [-0.05, 0) is 6.07 Å². The molecule has 6 nitrogen and oxygen atoms in total. The van der Waals surface area contributed by atoms with Gasteiger partial charge < -0.3 is 19.9 Å². The topological polar surface area (TPSA) is 83.7 Å².